The number of ether oxygens (including phenoxy) is 1. The topological polar surface area (TPSA) is 88.8 Å². The molecule has 0 spiro atoms. The summed E-state index contributed by atoms with van der Waals surface area (Å²) < 4.78 is 5.09. The average molecular weight is 247 g/mol. The zero-order chi connectivity index (χ0) is 13.0. The predicted molar refractivity (Wildman–Crippen MR) is 70.4 cm³/mol. The van der Waals surface area contributed by atoms with Gasteiger partial charge >= 0.3 is 0 Å². The molecule has 2 rings (SSSR count). The summed E-state index contributed by atoms with van der Waals surface area (Å²) in [5.74, 6) is 2.02. The Morgan fingerprint density at radius 3 is 2.94 bits per heavy atom. The van der Waals surface area contributed by atoms with Gasteiger partial charge in [0.05, 0.1) is 18.8 Å². The van der Waals surface area contributed by atoms with Gasteiger partial charge in [0.15, 0.2) is 0 Å². The van der Waals surface area contributed by atoms with E-state index in [1.807, 2.05) is 6.07 Å². The number of pyridine rings is 1. The van der Waals surface area contributed by atoms with Crippen LogP contribution in [0.3, 0.4) is 0 Å². The first kappa shape index (κ1) is 12.2. The fourth-order valence-electron chi connectivity index (χ4n) is 1.71. The Kier molecular flexibility index (Phi) is 3.66. The van der Waals surface area contributed by atoms with Gasteiger partial charge in [0.25, 0.3) is 0 Å². The number of imidazole rings is 1. The van der Waals surface area contributed by atoms with Crippen molar-refractivity contribution >= 4 is 11.5 Å². The second kappa shape index (κ2) is 5.39. The van der Waals surface area contributed by atoms with Crippen molar-refractivity contribution < 1.29 is 4.74 Å². The van der Waals surface area contributed by atoms with Crippen molar-refractivity contribution in [1.29, 1.82) is 0 Å². The lowest BCUT2D eigenvalue weighted by Crippen LogP contribution is -2.12. The van der Waals surface area contributed by atoms with Crippen molar-refractivity contribution in [3.8, 4) is 5.88 Å². The lowest BCUT2D eigenvalue weighted by Gasteiger charge is -2.16. The number of hydrogen-bond acceptors (Lipinski definition) is 5. The Morgan fingerprint density at radius 1 is 1.50 bits per heavy atom. The molecule has 0 radical (unpaired) electrons. The minimum Gasteiger partial charge on any atom is -0.479 e. The van der Waals surface area contributed by atoms with Crippen LogP contribution in [-0.2, 0) is 0 Å². The van der Waals surface area contributed by atoms with E-state index in [1.54, 1.807) is 25.6 Å². The highest BCUT2D eigenvalue weighted by molar-refractivity contribution is 5.53. The number of nitrogens with two attached hydrogens (primary N) is 1. The van der Waals surface area contributed by atoms with Gasteiger partial charge in [0.1, 0.15) is 11.6 Å². The minimum atomic E-state index is 0.0841. The van der Waals surface area contributed by atoms with Crippen LogP contribution in [0.5, 0.6) is 5.88 Å². The van der Waals surface area contributed by atoms with Crippen LogP contribution in [0.15, 0.2) is 24.5 Å². The standard InChI is InChI=1S/C12H17N5O/c1-3-9(11-14-6-7-15-11)16-10-5-4-8(13)12(17-10)18-2/h4-7,9H,3,13H2,1-2H3,(H,14,15)(H,16,17). The Labute approximate surface area is 106 Å². The van der Waals surface area contributed by atoms with E-state index < -0.39 is 0 Å². The molecular formula is C12H17N5O. The van der Waals surface area contributed by atoms with Crippen LogP contribution in [0.4, 0.5) is 11.5 Å². The third kappa shape index (κ3) is 2.53. The average Bonchev–Trinajstić information content (AvgIpc) is 2.91. The summed E-state index contributed by atoms with van der Waals surface area (Å²) in [4.78, 5) is 11.6. The molecule has 0 fully saturated rings. The van der Waals surface area contributed by atoms with Gasteiger partial charge in [-0.05, 0) is 18.6 Å². The molecule has 0 saturated heterocycles. The van der Waals surface area contributed by atoms with Gasteiger partial charge in [-0.1, -0.05) is 6.92 Å². The van der Waals surface area contributed by atoms with Gasteiger partial charge in [-0.3, -0.25) is 0 Å². The Balaban J connectivity index is 2.17. The molecule has 2 heterocycles. The highest BCUT2D eigenvalue weighted by atomic mass is 16.5. The van der Waals surface area contributed by atoms with Gasteiger partial charge in [0, 0.05) is 12.4 Å². The second-order valence-electron chi connectivity index (χ2n) is 3.87. The molecule has 18 heavy (non-hydrogen) atoms. The third-order valence-corrected chi connectivity index (χ3v) is 2.66. The molecule has 1 unspecified atom stereocenters. The van der Waals surface area contributed by atoms with Crippen LogP contribution in [0.25, 0.3) is 0 Å². The summed E-state index contributed by atoms with van der Waals surface area (Å²) in [5, 5.41) is 3.29. The number of aromatic nitrogens is 3. The number of rotatable bonds is 5. The van der Waals surface area contributed by atoms with Crippen molar-refractivity contribution in [2.24, 2.45) is 0 Å². The first-order chi connectivity index (χ1) is 8.74. The monoisotopic (exact) mass is 247 g/mol. The van der Waals surface area contributed by atoms with Crippen molar-refractivity contribution in [2.45, 2.75) is 19.4 Å². The molecule has 4 N–H and O–H groups in total. The molecule has 0 aliphatic carbocycles. The molecule has 2 aromatic heterocycles. The number of methoxy groups -OCH3 is 1. The molecule has 6 heteroatoms. The number of nitrogens with one attached hydrogen (secondary N) is 2. The number of nitrogens with zero attached hydrogens (tertiary/aromatic N) is 2. The summed E-state index contributed by atoms with van der Waals surface area (Å²) in [6.45, 7) is 2.08. The molecule has 0 aliphatic heterocycles. The highest BCUT2D eigenvalue weighted by Crippen LogP contribution is 2.23. The summed E-state index contributed by atoms with van der Waals surface area (Å²) in [6.07, 6.45) is 4.43. The van der Waals surface area contributed by atoms with E-state index in [9.17, 15) is 0 Å². The van der Waals surface area contributed by atoms with Crippen molar-refractivity contribution in [2.75, 3.05) is 18.2 Å². The summed E-state index contributed by atoms with van der Waals surface area (Å²) in [5.41, 5.74) is 6.25. The van der Waals surface area contributed by atoms with Gasteiger partial charge in [0.2, 0.25) is 5.88 Å². The molecule has 2 aromatic rings. The SMILES string of the molecule is CCC(Nc1ccc(N)c(OC)n1)c1ncc[nH]1. The first-order valence-corrected chi connectivity index (χ1v) is 5.81. The molecule has 0 amide bonds. The normalized spacial score (nSPS) is 12.1. The molecular weight excluding hydrogens is 230 g/mol. The van der Waals surface area contributed by atoms with Crippen LogP contribution in [0, 0.1) is 0 Å². The molecule has 6 nitrogen and oxygen atoms in total. The fourth-order valence-corrected chi connectivity index (χ4v) is 1.71. The van der Waals surface area contributed by atoms with Crippen molar-refractivity contribution in [3.05, 3.63) is 30.4 Å². The zero-order valence-corrected chi connectivity index (χ0v) is 10.5. The fraction of sp³-hybridized carbons (Fsp3) is 0.333. The third-order valence-electron chi connectivity index (χ3n) is 2.66. The van der Waals surface area contributed by atoms with E-state index >= 15 is 0 Å². The van der Waals surface area contributed by atoms with Gasteiger partial charge in [-0.2, -0.15) is 4.98 Å². The van der Waals surface area contributed by atoms with Crippen LogP contribution in [0.1, 0.15) is 25.2 Å². The second-order valence-corrected chi connectivity index (χ2v) is 3.87. The summed E-state index contributed by atoms with van der Waals surface area (Å²) >= 11 is 0. The highest BCUT2D eigenvalue weighted by Gasteiger charge is 2.12. The van der Waals surface area contributed by atoms with E-state index in [2.05, 4.69) is 27.2 Å². The number of hydrogen-bond donors (Lipinski definition) is 3. The molecule has 0 aromatic carbocycles. The zero-order valence-electron chi connectivity index (χ0n) is 10.5. The Bertz CT molecular complexity index is 497. The molecule has 0 bridgehead atoms. The first-order valence-electron chi connectivity index (χ1n) is 5.81. The number of anilines is 2. The largest absolute Gasteiger partial charge is 0.479 e. The maximum atomic E-state index is 5.72. The van der Waals surface area contributed by atoms with E-state index in [4.69, 9.17) is 10.5 Å². The van der Waals surface area contributed by atoms with Gasteiger partial charge in [-0.15, -0.1) is 0 Å². The van der Waals surface area contributed by atoms with Crippen LogP contribution in [0.2, 0.25) is 0 Å². The van der Waals surface area contributed by atoms with E-state index in [0.717, 1.165) is 12.2 Å². The lowest BCUT2D eigenvalue weighted by molar-refractivity contribution is 0.400. The molecule has 0 aliphatic rings. The van der Waals surface area contributed by atoms with E-state index in [1.165, 1.54) is 0 Å². The van der Waals surface area contributed by atoms with Crippen molar-refractivity contribution in [3.63, 3.8) is 0 Å². The Hall–Kier alpha value is -2.24. The van der Waals surface area contributed by atoms with Crippen LogP contribution in [-0.4, -0.2) is 22.1 Å². The number of nitrogen functional groups attached to an aromatic ring is 1. The minimum absolute atomic E-state index is 0.0841. The number of aromatic amines is 1. The summed E-state index contributed by atoms with van der Waals surface area (Å²) in [6, 6.07) is 3.67. The summed E-state index contributed by atoms with van der Waals surface area (Å²) in [7, 11) is 1.55. The smallest absolute Gasteiger partial charge is 0.238 e. The van der Waals surface area contributed by atoms with E-state index in [-0.39, 0.29) is 6.04 Å². The van der Waals surface area contributed by atoms with Crippen molar-refractivity contribution in [1.82, 2.24) is 15.0 Å². The van der Waals surface area contributed by atoms with E-state index in [0.29, 0.717) is 17.4 Å². The van der Waals surface area contributed by atoms with Crippen LogP contribution < -0.4 is 15.8 Å². The molecule has 1 atom stereocenters. The quantitative estimate of drug-likeness (QED) is 0.751. The number of H-pyrrole nitrogens is 1. The molecule has 96 valence electrons. The molecule has 0 saturated carbocycles. The van der Waals surface area contributed by atoms with Crippen LogP contribution >= 0.6 is 0 Å². The Morgan fingerprint density at radius 2 is 2.33 bits per heavy atom. The predicted octanol–water partition coefficient (Wildman–Crippen LogP) is 1.96. The van der Waals surface area contributed by atoms with Gasteiger partial charge in [-0.25, -0.2) is 4.98 Å². The maximum absolute atomic E-state index is 5.72. The lowest BCUT2D eigenvalue weighted by atomic mass is 10.2. The maximum Gasteiger partial charge on any atom is 0.238 e. The van der Waals surface area contributed by atoms with Gasteiger partial charge < -0.3 is 20.8 Å².